The first-order valence-electron chi connectivity index (χ1n) is 9.77. The summed E-state index contributed by atoms with van der Waals surface area (Å²) in [5, 5.41) is 2.42. The van der Waals surface area contributed by atoms with Crippen molar-refractivity contribution in [1.29, 1.82) is 0 Å². The normalized spacial score (nSPS) is 11.0. The number of ether oxygens (including phenoxy) is 1. The number of halogens is 2. The van der Waals surface area contributed by atoms with Crippen molar-refractivity contribution in [2.45, 2.75) is 23.1 Å². The number of hydrogen-bond donors (Lipinski definition) is 0. The van der Waals surface area contributed by atoms with Gasteiger partial charge in [0.05, 0.1) is 13.5 Å². The first kappa shape index (κ1) is 21.4. The van der Waals surface area contributed by atoms with Gasteiger partial charge in [0, 0.05) is 14.8 Å². The van der Waals surface area contributed by atoms with Crippen LogP contribution in [0.2, 0.25) is 5.02 Å². The Bertz CT molecular complexity index is 1250. The molecule has 0 aliphatic heterocycles. The number of hydrogen-bond acceptors (Lipinski definition) is 3. The summed E-state index contributed by atoms with van der Waals surface area (Å²) < 4.78 is 18.9. The van der Waals surface area contributed by atoms with Gasteiger partial charge in [0.25, 0.3) is 0 Å². The van der Waals surface area contributed by atoms with Crippen molar-refractivity contribution >= 4 is 40.1 Å². The number of benzene rings is 4. The summed E-state index contributed by atoms with van der Waals surface area (Å²) in [6.07, 6.45) is 0.174. The molecule has 0 heterocycles. The Kier molecular flexibility index (Phi) is 6.30. The minimum absolute atomic E-state index is 0.174. The third kappa shape index (κ3) is 4.76. The lowest BCUT2D eigenvalue weighted by atomic mass is 9.89. The van der Waals surface area contributed by atoms with Crippen molar-refractivity contribution < 1.29 is 13.9 Å². The molecule has 4 aromatic carbocycles. The summed E-state index contributed by atoms with van der Waals surface area (Å²) in [6.45, 7) is 1.97. The van der Waals surface area contributed by atoms with Crippen molar-refractivity contribution in [3.8, 4) is 11.1 Å². The van der Waals surface area contributed by atoms with Gasteiger partial charge in [-0.2, -0.15) is 0 Å². The van der Waals surface area contributed by atoms with E-state index in [-0.39, 0.29) is 18.2 Å². The molecule has 0 N–H and O–H groups in total. The van der Waals surface area contributed by atoms with Gasteiger partial charge in [0.1, 0.15) is 5.82 Å². The summed E-state index contributed by atoms with van der Waals surface area (Å²) in [4.78, 5) is 14.1. The molecule has 0 saturated carbocycles. The van der Waals surface area contributed by atoms with Gasteiger partial charge in [-0.3, -0.25) is 4.79 Å². The second-order valence-corrected chi connectivity index (χ2v) is 8.82. The topological polar surface area (TPSA) is 26.3 Å². The first-order chi connectivity index (χ1) is 14.9. The van der Waals surface area contributed by atoms with Crippen LogP contribution in [0, 0.1) is 12.7 Å². The van der Waals surface area contributed by atoms with Crippen LogP contribution in [-0.4, -0.2) is 13.1 Å². The molecule has 4 rings (SSSR count). The third-order valence-corrected chi connectivity index (χ3v) is 6.49. The van der Waals surface area contributed by atoms with E-state index in [1.807, 2.05) is 61.5 Å². The largest absolute Gasteiger partial charge is 0.469 e. The fraction of sp³-hybridized carbons (Fsp3) is 0.115. The molecule has 0 aliphatic carbocycles. The molecule has 2 nitrogen and oxygen atoms in total. The summed E-state index contributed by atoms with van der Waals surface area (Å²) in [5.74, 6) is -0.589. The summed E-state index contributed by atoms with van der Waals surface area (Å²) in [5.41, 5.74) is 3.72. The lowest BCUT2D eigenvalue weighted by Gasteiger charge is -2.16. The standard InChI is InChI=1S/C26H20ClFO2S/c1-16-19(14-25(29)30-2)13-18-3-8-21(28)15-24(18)26(16)17-4-9-22(10-5-17)31-23-11-6-20(27)7-12-23/h3-13,15H,14H2,1-2H3. The number of methoxy groups -OCH3 is 1. The number of carbonyl (C=O) groups excluding carboxylic acids is 1. The van der Waals surface area contributed by atoms with Gasteiger partial charge in [-0.15, -0.1) is 0 Å². The lowest BCUT2D eigenvalue weighted by Crippen LogP contribution is -2.06. The van der Waals surface area contributed by atoms with Crippen molar-refractivity contribution in [3.05, 3.63) is 94.8 Å². The molecule has 31 heavy (non-hydrogen) atoms. The van der Waals surface area contributed by atoms with E-state index in [2.05, 4.69) is 0 Å². The van der Waals surface area contributed by atoms with Crippen LogP contribution < -0.4 is 0 Å². The Balaban J connectivity index is 1.76. The Labute approximate surface area is 190 Å². The van der Waals surface area contributed by atoms with Crippen LogP contribution in [0.1, 0.15) is 11.1 Å². The average molecular weight is 451 g/mol. The molecule has 0 unspecified atom stereocenters. The molecule has 0 radical (unpaired) electrons. The highest BCUT2D eigenvalue weighted by molar-refractivity contribution is 7.99. The van der Waals surface area contributed by atoms with Crippen LogP contribution >= 0.6 is 23.4 Å². The zero-order chi connectivity index (χ0) is 22.0. The van der Waals surface area contributed by atoms with E-state index in [0.717, 1.165) is 42.8 Å². The number of rotatable bonds is 5. The van der Waals surface area contributed by atoms with Gasteiger partial charge in [-0.25, -0.2) is 4.39 Å². The van der Waals surface area contributed by atoms with Gasteiger partial charge < -0.3 is 4.74 Å². The maximum atomic E-state index is 14.1. The molecule has 156 valence electrons. The van der Waals surface area contributed by atoms with E-state index in [0.29, 0.717) is 5.02 Å². The van der Waals surface area contributed by atoms with E-state index in [1.54, 1.807) is 23.9 Å². The molecule has 0 bridgehead atoms. The second-order valence-electron chi connectivity index (χ2n) is 7.23. The molecule has 0 saturated heterocycles. The van der Waals surface area contributed by atoms with Gasteiger partial charge in [0.15, 0.2) is 0 Å². The fourth-order valence-electron chi connectivity index (χ4n) is 3.64. The van der Waals surface area contributed by atoms with Crippen molar-refractivity contribution in [2.75, 3.05) is 7.11 Å². The Morgan fingerprint density at radius 3 is 2.26 bits per heavy atom. The van der Waals surface area contributed by atoms with E-state index in [4.69, 9.17) is 16.3 Å². The zero-order valence-corrected chi connectivity index (χ0v) is 18.7. The zero-order valence-electron chi connectivity index (χ0n) is 17.1. The number of esters is 1. The van der Waals surface area contributed by atoms with E-state index >= 15 is 0 Å². The first-order valence-corrected chi connectivity index (χ1v) is 11.0. The lowest BCUT2D eigenvalue weighted by molar-refractivity contribution is -0.139. The average Bonchev–Trinajstić information content (AvgIpc) is 2.77. The van der Waals surface area contributed by atoms with E-state index in [9.17, 15) is 9.18 Å². The van der Waals surface area contributed by atoms with Crippen LogP contribution in [-0.2, 0) is 16.0 Å². The quantitative estimate of drug-likeness (QED) is 0.295. The summed E-state index contributed by atoms with van der Waals surface area (Å²) >= 11 is 7.61. The SMILES string of the molecule is COC(=O)Cc1cc2ccc(F)cc2c(-c2ccc(Sc3ccc(Cl)cc3)cc2)c1C. The van der Waals surface area contributed by atoms with Crippen LogP contribution in [0.15, 0.2) is 82.6 Å². The maximum Gasteiger partial charge on any atom is 0.309 e. The minimum atomic E-state index is -0.301. The maximum absolute atomic E-state index is 14.1. The Morgan fingerprint density at radius 1 is 0.968 bits per heavy atom. The molecule has 0 aromatic heterocycles. The number of carbonyl (C=O) groups is 1. The van der Waals surface area contributed by atoms with Crippen molar-refractivity contribution in [3.63, 3.8) is 0 Å². The molecule has 0 atom stereocenters. The predicted octanol–water partition coefficient (Wildman–Crippen LogP) is 7.47. The molecule has 0 amide bonds. The van der Waals surface area contributed by atoms with Crippen molar-refractivity contribution in [1.82, 2.24) is 0 Å². The summed E-state index contributed by atoms with van der Waals surface area (Å²) in [6, 6.07) is 22.6. The van der Waals surface area contributed by atoms with E-state index in [1.165, 1.54) is 13.2 Å². The molecule has 0 aliphatic rings. The Hall–Kier alpha value is -2.82. The van der Waals surface area contributed by atoms with Crippen LogP contribution in [0.5, 0.6) is 0 Å². The molecular weight excluding hydrogens is 431 g/mol. The van der Waals surface area contributed by atoms with Crippen LogP contribution in [0.3, 0.4) is 0 Å². The summed E-state index contributed by atoms with van der Waals surface area (Å²) in [7, 11) is 1.38. The van der Waals surface area contributed by atoms with Crippen LogP contribution in [0.25, 0.3) is 21.9 Å². The molecular formula is C26H20ClFO2S. The van der Waals surface area contributed by atoms with Gasteiger partial charge >= 0.3 is 5.97 Å². The highest BCUT2D eigenvalue weighted by Gasteiger charge is 2.15. The highest BCUT2D eigenvalue weighted by Crippen LogP contribution is 2.37. The molecule has 0 fully saturated rings. The Morgan fingerprint density at radius 2 is 1.61 bits per heavy atom. The van der Waals surface area contributed by atoms with E-state index < -0.39 is 0 Å². The van der Waals surface area contributed by atoms with Gasteiger partial charge in [-0.1, -0.05) is 47.6 Å². The number of fused-ring (bicyclic) bond motifs is 1. The van der Waals surface area contributed by atoms with Crippen LogP contribution in [0.4, 0.5) is 4.39 Å². The monoisotopic (exact) mass is 450 g/mol. The molecule has 4 aromatic rings. The van der Waals surface area contributed by atoms with Gasteiger partial charge in [-0.05, 0) is 88.5 Å². The van der Waals surface area contributed by atoms with Gasteiger partial charge in [0.2, 0.25) is 0 Å². The minimum Gasteiger partial charge on any atom is -0.469 e. The molecule has 5 heteroatoms. The predicted molar refractivity (Wildman–Crippen MR) is 125 cm³/mol. The smallest absolute Gasteiger partial charge is 0.309 e. The second kappa shape index (κ2) is 9.13. The highest BCUT2D eigenvalue weighted by atomic mass is 35.5. The fourth-order valence-corrected chi connectivity index (χ4v) is 4.58. The molecule has 0 spiro atoms. The third-order valence-electron chi connectivity index (χ3n) is 5.23. The van der Waals surface area contributed by atoms with Crippen molar-refractivity contribution in [2.24, 2.45) is 0 Å².